The van der Waals surface area contributed by atoms with E-state index in [-0.39, 0.29) is 4.90 Å². The molecule has 0 amide bonds. The Morgan fingerprint density at radius 3 is 2.00 bits per heavy atom. The summed E-state index contributed by atoms with van der Waals surface area (Å²) in [7, 11) is 1.65. The predicted molar refractivity (Wildman–Crippen MR) is 113 cm³/mol. The fourth-order valence-corrected chi connectivity index (χ4v) is 4.41. The Morgan fingerprint density at radius 2 is 1.52 bits per heavy atom. The summed E-state index contributed by atoms with van der Waals surface area (Å²) < 4.78 is 25.4. The Bertz CT molecular complexity index is 1230. The van der Waals surface area contributed by atoms with E-state index in [1.54, 1.807) is 6.07 Å². The highest BCUT2D eigenvalue weighted by atomic mass is 35.7. The fraction of sp³-hybridized carbons (Fsp3) is 0.136. The first-order chi connectivity index (χ1) is 13.9. The van der Waals surface area contributed by atoms with Gasteiger partial charge in [-0.3, -0.25) is 0 Å². The Labute approximate surface area is 173 Å². The number of rotatable bonds is 5. The molecule has 1 aromatic heterocycles. The summed E-state index contributed by atoms with van der Waals surface area (Å²) >= 11 is 0. The van der Waals surface area contributed by atoms with E-state index < -0.39 is 14.7 Å². The van der Waals surface area contributed by atoms with Crippen LogP contribution < -0.4 is 0 Å². The average molecular weight is 427 g/mol. The molecule has 29 heavy (non-hydrogen) atoms. The van der Waals surface area contributed by atoms with Crippen molar-refractivity contribution in [3.8, 4) is 0 Å². The lowest BCUT2D eigenvalue weighted by molar-refractivity contribution is 0.112. The number of aromatic nitrogens is 2. The van der Waals surface area contributed by atoms with Crippen LogP contribution in [0, 0.1) is 0 Å². The zero-order valence-electron chi connectivity index (χ0n) is 15.7. The van der Waals surface area contributed by atoms with E-state index in [9.17, 15) is 13.5 Å². The highest BCUT2D eigenvalue weighted by Gasteiger charge is 2.38. The minimum atomic E-state index is -3.88. The van der Waals surface area contributed by atoms with Crippen LogP contribution in [0.15, 0.2) is 83.8 Å². The largest absolute Gasteiger partial charge is 0.373 e. The molecule has 0 bridgehead atoms. The fourth-order valence-electron chi connectivity index (χ4n) is 3.63. The molecule has 0 fully saturated rings. The van der Waals surface area contributed by atoms with Crippen molar-refractivity contribution < 1.29 is 13.5 Å². The van der Waals surface area contributed by atoms with E-state index in [0.717, 1.165) is 0 Å². The van der Waals surface area contributed by atoms with E-state index in [0.29, 0.717) is 34.5 Å². The molecule has 0 radical (unpaired) electrons. The summed E-state index contributed by atoms with van der Waals surface area (Å²) in [6.07, 6.45) is 0. The normalized spacial score (nSPS) is 12.4. The SMILES string of the molecule is CCn1c(C(O)(c2ccccc2)c2ccccc2)nc2ccc(S(=O)(=O)Cl)cc21. The molecule has 3 aromatic carbocycles. The second-order valence-electron chi connectivity index (χ2n) is 6.71. The number of aliphatic hydroxyl groups is 1. The van der Waals surface area contributed by atoms with E-state index in [4.69, 9.17) is 15.7 Å². The van der Waals surface area contributed by atoms with Crippen molar-refractivity contribution in [2.45, 2.75) is 24.0 Å². The monoisotopic (exact) mass is 426 g/mol. The Hall–Kier alpha value is -2.67. The zero-order valence-corrected chi connectivity index (χ0v) is 17.2. The third-order valence-electron chi connectivity index (χ3n) is 5.02. The molecule has 148 valence electrons. The molecular weight excluding hydrogens is 408 g/mol. The quantitative estimate of drug-likeness (QED) is 0.484. The molecule has 1 heterocycles. The number of hydrogen-bond donors (Lipinski definition) is 1. The van der Waals surface area contributed by atoms with E-state index in [1.807, 2.05) is 72.2 Å². The predicted octanol–water partition coefficient (Wildman–Crippen LogP) is 4.27. The van der Waals surface area contributed by atoms with Crippen molar-refractivity contribution in [1.29, 1.82) is 0 Å². The van der Waals surface area contributed by atoms with Crippen molar-refractivity contribution >= 4 is 30.8 Å². The maximum Gasteiger partial charge on any atom is 0.261 e. The van der Waals surface area contributed by atoms with E-state index >= 15 is 0 Å². The molecule has 0 atom stereocenters. The average Bonchev–Trinajstić information content (AvgIpc) is 3.12. The first-order valence-corrected chi connectivity index (χ1v) is 11.5. The standard InChI is InChI=1S/C22H19ClN2O3S/c1-2-25-20-15-18(29(23,27)28)13-14-19(20)24-21(25)22(26,16-9-5-3-6-10-16)17-11-7-4-8-12-17/h3-15,26H,2H2,1H3. The summed E-state index contributed by atoms with van der Waals surface area (Å²) in [5.74, 6) is 0.413. The topological polar surface area (TPSA) is 72.2 Å². The third kappa shape index (κ3) is 3.33. The van der Waals surface area contributed by atoms with Gasteiger partial charge in [-0.1, -0.05) is 60.7 Å². The first-order valence-electron chi connectivity index (χ1n) is 9.14. The molecule has 0 aliphatic rings. The van der Waals surface area contributed by atoms with Crippen LogP contribution in [0.4, 0.5) is 0 Å². The van der Waals surface area contributed by atoms with Crippen LogP contribution in [-0.4, -0.2) is 23.1 Å². The van der Waals surface area contributed by atoms with Gasteiger partial charge in [0.2, 0.25) is 0 Å². The minimum Gasteiger partial charge on any atom is -0.373 e. The number of halogens is 1. The van der Waals surface area contributed by atoms with Gasteiger partial charge in [-0.25, -0.2) is 13.4 Å². The number of fused-ring (bicyclic) bond motifs is 1. The molecule has 4 rings (SSSR count). The summed E-state index contributed by atoms with van der Waals surface area (Å²) in [5, 5.41) is 12.0. The van der Waals surface area contributed by atoms with Gasteiger partial charge < -0.3 is 9.67 Å². The van der Waals surface area contributed by atoms with Gasteiger partial charge in [-0.15, -0.1) is 0 Å². The van der Waals surface area contributed by atoms with Crippen molar-refractivity contribution in [3.05, 3.63) is 95.8 Å². The minimum absolute atomic E-state index is 0.00391. The molecule has 0 aliphatic heterocycles. The third-order valence-corrected chi connectivity index (χ3v) is 6.38. The van der Waals surface area contributed by atoms with Gasteiger partial charge in [0.1, 0.15) is 0 Å². The van der Waals surface area contributed by atoms with Gasteiger partial charge in [0.15, 0.2) is 11.4 Å². The van der Waals surface area contributed by atoms with Gasteiger partial charge in [0.05, 0.1) is 15.9 Å². The molecule has 7 heteroatoms. The maximum atomic E-state index is 12.0. The van der Waals surface area contributed by atoms with Crippen LogP contribution >= 0.6 is 10.7 Å². The zero-order chi connectivity index (χ0) is 20.6. The number of benzene rings is 3. The number of aryl methyl sites for hydroxylation is 1. The van der Waals surface area contributed by atoms with Gasteiger partial charge in [-0.05, 0) is 36.2 Å². The van der Waals surface area contributed by atoms with Gasteiger partial charge in [0, 0.05) is 17.2 Å². The molecule has 4 aromatic rings. The second-order valence-corrected chi connectivity index (χ2v) is 9.28. The molecule has 0 aliphatic carbocycles. The van der Waals surface area contributed by atoms with E-state index in [1.165, 1.54) is 12.1 Å². The number of imidazole rings is 1. The molecule has 0 saturated carbocycles. The highest BCUT2D eigenvalue weighted by molar-refractivity contribution is 8.13. The first kappa shape index (κ1) is 19.6. The van der Waals surface area contributed by atoms with E-state index in [2.05, 4.69) is 0 Å². The lowest BCUT2D eigenvalue weighted by atomic mass is 9.85. The lowest BCUT2D eigenvalue weighted by Gasteiger charge is -2.29. The van der Waals surface area contributed by atoms with Crippen LogP contribution in [-0.2, 0) is 21.2 Å². The van der Waals surface area contributed by atoms with Crippen LogP contribution in [0.1, 0.15) is 23.9 Å². The van der Waals surface area contributed by atoms with Gasteiger partial charge in [0.25, 0.3) is 9.05 Å². The molecule has 1 N–H and O–H groups in total. The molecule has 0 unspecified atom stereocenters. The number of nitrogens with zero attached hydrogens (tertiary/aromatic N) is 2. The smallest absolute Gasteiger partial charge is 0.261 e. The summed E-state index contributed by atoms with van der Waals surface area (Å²) in [5.41, 5.74) is 0.992. The van der Waals surface area contributed by atoms with Crippen LogP contribution in [0.3, 0.4) is 0 Å². The summed E-state index contributed by atoms with van der Waals surface area (Å²) in [6, 6.07) is 23.1. The summed E-state index contributed by atoms with van der Waals surface area (Å²) in [6.45, 7) is 2.41. The summed E-state index contributed by atoms with van der Waals surface area (Å²) in [4.78, 5) is 4.70. The number of hydrogen-bond acceptors (Lipinski definition) is 4. The van der Waals surface area contributed by atoms with Crippen molar-refractivity contribution in [1.82, 2.24) is 9.55 Å². The molecule has 0 spiro atoms. The van der Waals surface area contributed by atoms with Crippen LogP contribution in [0.25, 0.3) is 11.0 Å². The van der Waals surface area contributed by atoms with Crippen molar-refractivity contribution in [2.24, 2.45) is 0 Å². The Balaban J connectivity index is 2.06. The molecule has 0 saturated heterocycles. The molecule has 5 nitrogen and oxygen atoms in total. The van der Waals surface area contributed by atoms with Crippen molar-refractivity contribution in [3.63, 3.8) is 0 Å². The van der Waals surface area contributed by atoms with Gasteiger partial charge >= 0.3 is 0 Å². The van der Waals surface area contributed by atoms with Gasteiger partial charge in [-0.2, -0.15) is 0 Å². The highest BCUT2D eigenvalue weighted by Crippen LogP contribution is 2.38. The second kappa shape index (κ2) is 7.30. The Kier molecular flexibility index (Phi) is 4.94. The van der Waals surface area contributed by atoms with Crippen molar-refractivity contribution in [2.75, 3.05) is 0 Å². The van der Waals surface area contributed by atoms with Crippen LogP contribution in [0.5, 0.6) is 0 Å². The maximum absolute atomic E-state index is 12.0. The van der Waals surface area contributed by atoms with Crippen LogP contribution in [0.2, 0.25) is 0 Å². The Morgan fingerprint density at radius 1 is 0.966 bits per heavy atom. The molecular formula is C22H19ClN2O3S. The lowest BCUT2D eigenvalue weighted by Crippen LogP contribution is -2.32.